The van der Waals surface area contributed by atoms with Gasteiger partial charge in [0.2, 0.25) is 0 Å². The topological polar surface area (TPSA) is 82.5 Å². The minimum Gasteiger partial charge on any atom is -0.486 e. The Balaban J connectivity index is 1.67. The van der Waals surface area contributed by atoms with Gasteiger partial charge in [0.25, 0.3) is 10.0 Å². The van der Waals surface area contributed by atoms with E-state index >= 15 is 0 Å². The van der Waals surface area contributed by atoms with E-state index < -0.39 is 10.0 Å². The van der Waals surface area contributed by atoms with Crippen molar-refractivity contribution >= 4 is 26.6 Å². The number of ether oxygens (including phenoxy) is 2. The fourth-order valence-electron chi connectivity index (χ4n) is 3.63. The first kappa shape index (κ1) is 17.3. The Morgan fingerprint density at radius 3 is 2.79 bits per heavy atom. The van der Waals surface area contributed by atoms with E-state index in [1.54, 1.807) is 24.5 Å². The molecule has 0 fully saturated rings. The van der Waals surface area contributed by atoms with Gasteiger partial charge in [0, 0.05) is 36.0 Å². The lowest BCUT2D eigenvalue weighted by molar-refractivity contribution is 0.171. The fourth-order valence-corrected chi connectivity index (χ4v) is 4.98. The van der Waals surface area contributed by atoms with E-state index in [1.165, 1.54) is 10.0 Å². The normalized spacial score (nSPS) is 16.8. The number of benzene rings is 1. The molecular formula is C20H19N3O4S. The predicted octanol–water partition coefficient (Wildman–Crippen LogP) is 2.42. The van der Waals surface area contributed by atoms with Crippen molar-refractivity contribution in [2.45, 2.75) is 11.3 Å². The minimum absolute atomic E-state index is 0.144. The van der Waals surface area contributed by atoms with E-state index in [0.29, 0.717) is 30.4 Å². The summed E-state index contributed by atoms with van der Waals surface area (Å²) in [5, 5.41) is 4.11. The molecule has 28 heavy (non-hydrogen) atoms. The Morgan fingerprint density at radius 2 is 1.96 bits per heavy atom. The summed E-state index contributed by atoms with van der Waals surface area (Å²) >= 11 is 0. The first-order valence-corrected chi connectivity index (χ1v) is 10.6. The Hall–Kier alpha value is -2.84. The zero-order valence-electron chi connectivity index (χ0n) is 15.1. The summed E-state index contributed by atoms with van der Waals surface area (Å²) in [6, 6.07) is 8.44. The lowest BCUT2D eigenvalue weighted by atomic mass is 10.0. The Kier molecular flexibility index (Phi) is 4.10. The third kappa shape index (κ3) is 2.76. The molecule has 0 saturated heterocycles. The molecular weight excluding hydrogens is 378 g/mol. The van der Waals surface area contributed by atoms with Gasteiger partial charge in [0.15, 0.2) is 17.1 Å². The predicted molar refractivity (Wildman–Crippen MR) is 105 cm³/mol. The first-order valence-electron chi connectivity index (χ1n) is 9.16. The van der Waals surface area contributed by atoms with Crippen LogP contribution in [0.25, 0.3) is 16.6 Å². The standard InChI is InChI=1S/C20H19N3O4S/c24-28(25,15-3-4-18-19(12-15)27-11-10-26-18)23-13-17(14-5-8-21-9-6-14)16-2-1-7-22-20(16)23/h1-5,7,12-13,21H,6,8-11H2. The van der Waals surface area contributed by atoms with E-state index in [9.17, 15) is 8.42 Å². The molecule has 2 aromatic heterocycles. The van der Waals surface area contributed by atoms with Gasteiger partial charge in [0.1, 0.15) is 13.2 Å². The van der Waals surface area contributed by atoms with E-state index in [0.717, 1.165) is 36.0 Å². The summed E-state index contributed by atoms with van der Waals surface area (Å²) in [6.07, 6.45) is 6.24. The van der Waals surface area contributed by atoms with Gasteiger partial charge in [-0.25, -0.2) is 17.4 Å². The summed E-state index contributed by atoms with van der Waals surface area (Å²) < 4.78 is 39.2. The number of nitrogens with one attached hydrogen (secondary N) is 1. The first-order chi connectivity index (χ1) is 13.6. The third-order valence-corrected chi connectivity index (χ3v) is 6.66. The van der Waals surface area contributed by atoms with Crippen molar-refractivity contribution in [1.29, 1.82) is 0 Å². The highest BCUT2D eigenvalue weighted by atomic mass is 32.2. The zero-order valence-corrected chi connectivity index (χ0v) is 15.9. The highest BCUT2D eigenvalue weighted by Crippen LogP contribution is 2.35. The SMILES string of the molecule is O=S(=O)(c1ccc2c(c1)OCCO2)n1cc(C2=CCNCC2)c2cccnc21. The van der Waals surface area contributed by atoms with Gasteiger partial charge in [-0.3, -0.25) is 0 Å². The van der Waals surface area contributed by atoms with Crippen molar-refractivity contribution in [1.82, 2.24) is 14.3 Å². The quantitative estimate of drug-likeness (QED) is 0.731. The third-order valence-electron chi connectivity index (χ3n) is 5.01. The van der Waals surface area contributed by atoms with Crippen LogP contribution < -0.4 is 14.8 Å². The van der Waals surface area contributed by atoms with Crippen LogP contribution in [-0.4, -0.2) is 43.7 Å². The molecule has 0 saturated carbocycles. The molecule has 2 aliphatic heterocycles. The second-order valence-corrected chi connectivity index (χ2v) is 8.52. The van der Waals surface area contributed by atoms with Crippen LogP contribution in [0.15, 0.2) is 53.7 Å². The van der Waals surface area contributed by atoms with Crippen molar-refractivity contribution in [2.75, 3.05) is 26.3 Å². The maximum atomic E-state index is 13.4. The molecule has 1 aromatic carbocycles. The van der Waals surface area contributed by atoms with Crippen molar-refractivity contribution in [3.05, 3.63) is 54.4 Å². The lowest BCUT2D eigenvalue weighted by Gasteiger charge is -2.19. The number of hydrogen-bond acceptors (Lipinski definition) is 6. The molecule has 2 aliphatic rings. The van der Waals surface area contributed by atoms with Gasteiger partial charge >= 0.3 is 0 Å². The maximum absolute atomic E-state index is 13.4. The molecule has 1 N–H and O–H groups in total. The number of fused-ring (bicyclic) bond motifs is 2. The largest absolute Gasteiger partial charge is 0.486 e. The summed E-state index contributed by atoms with van der Waals surface area (Å²) in [5.41, 5.74) is 2.46. The van der Waals surface area contributed by atoms with Crippen LogP contribution in [0.4, 0.5) is 0 Å². The van der Waals surface area contributed by atoms with Crippen LogP contribution in [0.1, 0.15) is 12.0 Å². The molecule has 3 aromatic rings. The molecule has 144 valence electrons. The minimum atomic E-state index is -3.84. The summed E-state index contributed by atoms with van der Waals surface area (Å²) in [5.74, 6) is 0.999. The molecule has 0 spiro atoms. The second kappa shape index (κ2) is 6.65. The molecule has 0 unspecified atom stereocenters. The van der Waals surface area contributed by atoms with Crippen LogP contribution in [-0.2, 0) is 10.0 Å². The van der Waals surface area contributed by atoms with Gasteiger partial charge in [0.05, 0.1) is 4.90 Å². The van der Waals surface area contributed by atoms with Crippen molar-refractivity contribution in [3.63, 3.8) is 0 Å². The molecule has 0 radical (unpaired) electrons. The van der Waals surface area contributed by atoms with Gasteiger partial charge in [-0.1, -0.05) is 6.08 Å². The monoisotopic (exact) mass is 397 g/mol. The number of pyridine rings is 1. The lowest BCUT2D eigenvalue weighted by Crippen LogP contribution is -2.20. The highest BCUT2D eigenvalue weighted by molar-refractivity contribution is 7.90. The summed E-state index contributed by atoms with van der Waals surface area (Å²) in [6.45, 7) is 2.50. The smallest absolute Gasteiger partial charge is 0.269 e. The number of aromatic nitrogens is 2. The molecule has 5 rings (SSSR count). The van der Waals surface area contributed by atoms with E-state index in [-0.39, 0.29) is 4.90 Å². The second-order valence-electron chi connectivity index (χ2n) is 6.71. The van der Waals surface area contributed by atoms with Gasteiger partial charge in [-0.05, 0) is 42.8 Å². The average molecular weight is 397 g/mol. The van der Waals surface area contributed by atoms with E-state index in [4.69, 9.17) is 9.47 Å². The van der Waals surface area contributed by atoms with Crippen LogP contribution in [0, 0.1) is 0 Å². The number of rotatable bonds is 3. The van der Waals surface area contributed by atoms with Crippen molar-refractivity contribution in [3.8, 4) is 11.5 Å². The molecule has 8 heteroatoms. The molecule has 0 bridgehead atoms. The zero-order chi connectivity index (χ0) is 19.1. The average Bonchev–Trinajstić information content (AvgIpc) is 3.14. The molecule has 0 aliphatic carbocycles. The van der Waals surface area contributed by atoms with Gasteiger partial charge < -0.3 is 14.8 Å². The number of hydrogen-bond donors (Lipinski definition) is 1. The van der Waals surface area contributed by atoms with E-state index in [1.807, 2.05) is 12.1 Å². The molecule has 0 atom stereocenters. The van der Waals surface area contributed by atoms with E-state index in [2.05, 4.69) is 16.4 Å². The molecule has 4 heterocycles. The van der Waals surface area contributed by atoms with Crippen molar-refractivity contribution in [2.24, 2.45) is 0 Å². The van der Waals surface area contributed by atoms with Crippen LogP contribution in [0.3, 0.4) is 0 Å². The van der Waals surface area contributed by atoms with Gasteiger partial charge in [-0.2, -0.15) is 0 Å². The summed E-state index contributed by atoms with van der Waals surface area (Å²) in [7, 11) is -3.84. The Morgan fingerprint density at radius 1 is 1.11 bits per heavy atom. The van der Waals surface area contributed by atoms with Crippen LogP contribution >= 0.6 is 0 Å². The van der Waals surface area contributed by atoms with Gasteiger partial charge in [-0.15, -0.1) is 0 Å². The van der Waals surface area contributed by atoms with Crippen LogP contribution in [0.2, 0.25) is 0 Å². The number of nitrogens with zero attached hydrogens (tertiary/aromatic N) is 2. The Bertz CT molecular complexity index is 1200. The molecule has 0 amide bonds. The molecule has 7 nitrogen and oxygen atoms in total. The Labute approximate surface area is 162 Å². The van der Waals surface area contributed by atoms with Crippen LogP contribution in [0.5, 0.6) is 11.5 Å². The maximum Gasteiger partial charge on any atom is 0.269 e. The highest BCUT2D eigenvalue weighted by Gasteiger charge is 2.25. The van der Waals surface area contributed by atoms with Crippen molar-refractivity contribution < 1.29 is 17.9 Å². The summed E-state index contributed by atoms with van der Waals surface area (Å²) in [4.78, 5) is 4.50. The fraction of sp³-hybridized carbons (Fsp3) is 0.250.